The van der Waals surface area contributed by atoms with Crippen LogP contribution in [0.25, 0.3) is 5.69 Å². The predicted octanol–water partition coefficient (Wildman–Crippen LogP) is 3.35. The molecule has 0 atom stereocenters. The average Bonchev–Trinajstić information content (AvgIpc) is 2.81. The molecule has 104 valence electrons. The van der Waals surface area contributed by atoms with Crippen molar-refractivity contribution in [1.82, 2.24) is 9.78 Å². The molecule has 0 fully saturated rings. The van der Waals surface area contributed by atoms with Crippen LogP contribution in [0, 0.1) is 5.82 Å². The number of rotatable bonds is 2. The lowest BCUT2D eigenvalue weighted by Gasteiger charge is -2.14. The average molecular weight is 339 g/mol. The molecule has 0 bridgehead atoms. The Hall–Kier alpha value is -1.69. The van der Waals surface area contributed by atoms with Crippen LogP contribution >= 0.6 is 15.9 Å². The van der Waals surface area contributed by atoms with Crippen LogP contribution < -0.4 is 0 Å². The number of hydrogen-bond donors (Lipinski definition) is 1. The fourth-order valence-electron chi connectivity index (χ4n) is 2.62. The molecule has 3 rings (SSSR count). The van der Waals surface area contributed by atoms with Crippen molar-refractivity contribution in [2.75, 3.05) is 0 Å². The number of benzene rings is 1. The van der Waals surface area contributed by atoms with Gasteiger partial charge in [0.05, 0.1) is 5.69 Å². The van der Waals surface area contributed by atoms with Crippen LogP contribution in [0.5, 0.6) is 0 Å². The standard InChI is InChI=1S/C14H12BrFN2O2/c15-10-6-5-8(16)7-12(10)18-11-4-2-1-3-9(11)13(17-18)14(19)20/h5-7H,1-4H2,(H,19,20). The van der Waals surface area contributed by atoms with Crippen molar-refractivity contribution in [2.45, 2.75) is 25.7 Å². The molecule has 0 saturated carbocycles. The number of hydrogen-bond acceptors (Lipinski definition) is 2. The quantitative estimate of drug-likeness (QED) is 0.913. The second-order valence-corrected chi connectivity index (χ2v) is 5.65. The molecule has 1 N–H and O–H groups in total. The van der Waals surface area contributed by atoms with Gasteiger partial charge in [-0.2, -0.15) is 5.10 Å². The molecule has 6 heteroatoms. The van der Waals surface area contributed by atoms with E-state index < -0.39 is 5.97 Å². The molecule has 0 radical (unpaired) electrons. The minimum absolute atomic E-state index is 0.0795. The van der Waals surface area contributed by atoms with E-state index in [9.17, 15) is 14.3 Å². The Morgan fingerprint density at radius 3 is 2.85 bits per heavy atom. The maximum Gasteiger partial charge on any atom is 0.356 e. The minimum Gasteiger partial charge on any atom is -0.476 e. The predicted molar refractivity (Wildman–Crippen MR) is 74.8 cm³/mol. The Balaban J connectivity index is 2.23. The first-order valence-corrected chi connectivity index (χ1v) is 7.16. The van der Waals surface area contributed by atoms with Crippen molar-refractivity contribution in [3.63, 3.8) is 0 Å². The first-order valence-electron chi connectivity index (χ1n) is 6.37. The van der Waals surface area contributed by atoms with Gasteiger partial charge in [0.25, 0.3) is 0 Å². The molecule has 0 saturated heterocycles. The lowest BCUT2D eigenvalue weighted by molar-refractivity contribution is 0.0688. The Labute approximate surface area is 123 Å². The molecule has 0 aliphatic heterocycles. The third-order valence-corrected chi connectivity index (χ3v) is 4.19. The van der Waals surface area contributed by atoms with Gasteiger partial charge < -0.3 is 5.11 Å². The highest BCUT2D eigenvalue weighted by Gasteiger charge is 2.25. The zero-order valence-corrected chi connectivity index (χ0v) is 12.2. The van der Waals surface area contributed by atoms with Crippen LogP contribution in [-0.2, 0) is 12.8 Å². The molecule has 1 aromatic carbocycles. The number of aromatic carboxylic acids is 1. The summed E-state index contributed by atoms with van der Waals surface area (Å²) in [4.78, 5) is 11.3. The summed E-state index contributed by atoms with van der Waals surface area (Å²) in [6.45, 7) is 0. The zero-order chi connectivity index (χ0) is 14.3. The van der Waals surface area contributed by atoms with Gasteiger partial charge in [0.2, 0.25) is 0 Å². The molecule has 0 amide bonds. The van der Waals surface area contributed by atoms with Crippen LogP contribution in [0.2, 0.25) is 0 Å². The lowest BCUT2D eigenvalue weighted by atomic mass is 9.95. The topological polar surface area (TPSA) is 55.1 Å². The van der Waals surface area contributed by atoms with E-state index in [4.69, 9.17) is 0 Å². The normalized spacial score (nSPS) is 14.1. The highest BCUT2D eigenvalue weighted by atomic mass is 79.9. The Kier molecular flexibility index (Phi) is 3.33. The first-order chi connectivity index (χ1) is 9.58. The second-order valence-electron chi connectivity index (χ2n) is 4.79. The van der Waals surface area contributed by atoms with Gasteiger partial charge >= 0.3 is 5.97 Å². The second kappa shape index (κ2) is 5.01. The number of fused-ring (bicyclic) bond motifs is 1. The van der Waals surface area contributed by atoms with Crippen molar-refractivity contribution in [2.24, 2.45) is 0 Å². The van der Waals surface area contributed by atoms with Gasteiger partial charge in [-0.15, -0.1) is 0 Å². The van der Waals surface area contributed by atoms with Crippen molar-refractivity contribution < 1.29 is 14.3 Å². The number of carboxylic acid groups (broad SMARTS) is 1. The lowest BCUT2D eigenvalue weighted by Crippen LogP contribution is -2.08. The highest BCUT2D eigenvalue weighted by Crippen LogP contribution is 2.30. The van der Waals surface area contributed by atoms with Crippen LogP contribution in [0.4, 0.5) is 4.39 Å². The van der Waals surface area contributed by atoms with Crippen molar-refractivity contribution in [3.05, 3.63) is 45.4 Å². The highest BCUT2D eigenvalue weighted by molar-refractivity contribution is 9.10. The van der Waals surface area contributed by atoms with Crippen LogP contribution in [-0.4, -0.2) is 20.9 Å². The Bertz CT molecular complexity index is 697. The number of aromatic nitrogens is 2. The van der Waals surface area contributed by atoms with E-state index in [2.05, 4.69) is 21.0 Å². The number of carbonyl (C=O) groups is 1. The molecule has 0 unspecified atom stereocenters. The van der Waals surface area contributed by atoms with Gasteiger partial charge in [0.15, 0.2) is 5.69 Å². The molecule has 1 aliphatic carbocycles. The summed E-state index contributed by atoms with van der Waals surface area (Å²) in [5, 5.41) is 13.4. The number of carboxylic acids is 1. The van der Waals surface area contributed by atoms with Gasteiger partial charge in [-0.1, -0.05) is 0 Å². The summed E-state index contributed by atoms with van der Waals surface area (Å²) in [6, 6.07) is 4.31. The molecule has 20 heavy (non-hydrogen) atoms. The Morgan fingerprint density at radius 1 is 1.35 bits per heavy atom. The van der Waals surface area contributed by atoms with Gasteiger partial charge in [-0.05, 0) is 53.7 Å². The molecule has 1 heterocycles. The monoisotopic (exact) mass is 338 g/mol. The molecular formula is C14H12BrFN2O2. The zero-order valence-electron chi connectivity index (χ0n) is 10.6. The SMILES string of the molecule is O=C(O)c1nn(-c2cc(F)ccc2Br)c2c1CCCC2. The summed E-state index contributed by atoms with van der Waals surface area (Å²) in [5.41, 5.74) is 2.27. The Morgan fingerprint density at radius 2 is 2.10 bits per heavy atom. The molecule has 2 aromatic rings. The van der Waals surface area contributed by atoms with E-state index in [1.807, 2.05) is 0 Å². The van der Waals surface area contributed by atoms with E-state index in [1.54, 1.807) is 10.7 Å². The van der Waals surface area contributed by atoms with E-state index >= 15 is 0 Å². The molecule has 1 aromatic heterocycles. The third kappa shape index (κ3) is 2.14. The van der Waals surface area contributed by atoms with Crippen LogP contribution in [0.3, 0.4) is 0 Å². The summed E-state index contributed by atoms with van der Waals surface area (Å²) in [7, 11) is 0. The summed E-state index contributed by atoms with van der Waals surface area (Å²) < 4.78 is 15.7. The van der Waals surface area contributed by atoms with Crippen LogP contribution in [0.15, 0.2) is 22.7 Å². The minimum atomic E-state index is -1.03. The summed E-state index contributed by atoms with van der Waals surface area (Å²) in [6.07, 6.45) is 3.43. The number of nitrogens with zero attached hydrogens (tertiary/aromatic N) is 2. The first kappa shape index (κ1) is 13.3. The maximum absolute atomic E-state index is 13.5. The third-order valence-electron chi connectivity index (χ3n) is 3.52. The summed E-state index contributed by atoms with van der Waals surface area (Å²) >= 11 is 3.37. The molecule has 1 aliphatic rings. The summed E-state index contributed by atoms with van der Waals surface area (Å²) in [5.74, 6) is -1.41. The van der Waals surface area contributed by atoms with E-state index in [1.165, 1.54) is 12.1 Å². The van der Waals surface area contributed by atoms with Gasteiger partial charge in [-0.3, -0.25) is 0 Å². The van der Waals surface area contributed by atoms with E-state index in [0.717, 1.165) is 30.5 Å². The van der Waals surface area contributed by atoms with E-state index in [0.29, 0.717) is 16.6 Å². The van der Waals surface area contributed by atoms with Crippen molar-refractivity contribution in [3.8, 4) is 5.69 Å². The molecule has 4 nitrogen and oxygen atoms in total. The smallest absolute Gasteiger partial charge is 0.356 e. The molecule has 0 spiro atoms. The fraction of sp³-hybridized carbons (Fsp3) is 0.286. The fourth-order valence-corrected chi connectivity index (χ4v) is 3.03. The van der Waals surface area contributed by atoms with Gasteiger partial charge in [-0.25, -0.2) is 13.9 Å². The van der Waals surface area contributed by atoms with Gasteiger partial charge in [0.1, 0.15) is 5.82 Å². The molecular weight excluding hydrogens is 327 g/mol. The van der Waals surface area contributed by atoms with E-state index in [-0.39, 0.29) is 11.5 Å². The van der Waals surface area contributed by atoms with Crippen molar-refractivity contribution in [1.29, 1.82) is 0 Å². The number of halogens is 2. The maximum atomic E-state index is 13.5. The van der Waals surface area contributed by atoms with Crippen LogP contribution in [0.1, 0.15) is 34.6 Å². The van der Waals surface area contributed by atoms with Gasteiger partial charge in [0, 0.05) is 21.8 Å². The largest absolute Gasteiger partial charge is 0.476 e. The van der Waals surface area contributed by atoms with Crippen molar-refractivity contribution >= 4 is 21.9 Å².